The molecule has 150 valence electrons. The minimum atomic E-state index is -0.161. The van der Waals surface area contributed by atoms with Crippen molar-refractivity contribution < 1.29 is 9.59 Å². The van der Waals surface area contributed by atoms with Gasteiger partial charge in [-0.25, -0.2) is 0 Å². The van der Waals surface area contributed by atoms with Gasteiger partial charge in [0.2, 0.25) is 5.91 Å². The number of carbonyl (C=O) groups excluding carboxylic acids is 2. The Morgan fingerprint density at radius 3 is 2.29 bits per heavy atom. The van der Waals surface area contributed by atoms with Crippen molar-refractivity contribution in [1.82, 2.24) is 10.2 Å². The molecule has 1 atom stereocenters. The van der Waals surface area contributed by atoms with Crippen molar-refractivity contribution in [2.75, 3.05) is 25.0 Å². The van der Waals surface area contributed by atoms with Crippen LogP contribution in [0.3, 0.4) is 0 Å². The van der Waals surface area contributed by atoms with Crippen LogP contribution < -0.4 is 10.6 Å². The van der Waals surface area contributed by atoms with Gasteiger partial charge in [0.05, 0.1) is 12.6 Å². The molecule has 0 heterocycles. The van der Waals surface area contributed by atoms with Crippen LogP contribution in [0.4, 0.5) is 5.69 Å². The number of hydrogen-bond acceptors (Lipinski definition) is 3. The Balaban J connectivity index is 1.97. The van der Waals surface area contributed by atoms with Gasteiger partial charge in [-0.15, -0.1) is 0 Å². The molecule has 5 heteroatoms. The molecule has 0 aliphatic heterocycles. The van der Waals surface area contributed by atoms with Gasteiger partial charge >= 0.3 is 0 Å². The highest BCUT2D eigenvalue weighted by Crippen LogP contribution is 2.15. The predicted octanol–water partition coefficient (Wildman–Crippen LogP) is 4.24. The molecule has 28 heavy (non-hydrogen) atoms. The van der Waals surface area contributed by atoms with Crippen LogP contribution in [0.2, 0.25) is 0 Å². The van der Waals surface area contributed by atoms with E-state index in [4.69, 9.17) is 0 Å². The molecule has 2 rings (SSSR count). The van der Waals surface area contributed by atoms with E-state index in [0.29, 0.717) is 17.8 Å². The quantitative estimate of drug-likeness (QED) is 0.647. The number of nitrogens with one attached hydrogen (secondary N) is 2. The van der Waals surface area contributed by atoms with E-state index in [1.54, 1.807) is 24.3 Å². The van der Waals surface area contributed by atoms with Crippen molar-refractivity contribution in [2.45, 2.75) is 39.7 Å². The van der Waals surface area contributed by atoms with Gasteiger partial charge in [0.1, 0.15) is 0 Å². The number of rotatable bonds is 10. The van der Waals surface area contributed by atoms with Crippen molar-refractivity contribution in [3.63, 3.8) is 0 Å². The van der Waals surface area contributed by atoms with E-state index in [-0.39, 0.29) is 17.9 Å². The molecule has 0 bridgehead atoms. The van der Waals surface area contributed by atoms with Crippen molar-refractivity contribution in [3.05, 3.63) is 65.7 Å². The molecule has 0 aromatic heterocycles. The van der Waals surface area contributed by atoms with E-state index in [1.165, 1.54) is 0 Å². The first-order valence-corrected chi connectivity index (χ1v) is 10.0. The number of hydrogen-bond donors (Lipinski definition) is 2. The Morgan fingerprint density at radius 2 is 1.64 bits per heavy atom. The summed E-state index contributed by atoms with van der Waals surface area (Å²) < 4.78 is 0. The third-order valence-corrected chi connectivity index (χ3v) is 4.50. The Labute approximate surface area is 168 Å². The summed E-state index contributed by atoms with van der Waals surface area (Å²) in [5.74, 6) is -0.219. The van der Waals surface area contributed by atoms with Gasteiger partial charge in [0.25, 0.3) is 5.91 Å². The lowest BCUT2D eigenvalue weighted by molar-refractivity contribution is -0.117. The summed E-state index contributed by atoms with van der Waals surface area (Å²) in [7, 11) is 0. The highest BCUT2D eigenvalue weighted by molar-refractivity contribution is 5.97. The molecule has 2 N–H and O–H groups in total. The first kappa shape index (κ1) is 21.6. The fraction of sp³-hybridized carbons (Fsp3) is 0.391. The molecule has 0 spiro atoms. The summed E-state index contributed by atoms with van der Waals surface area (Å²) in [5.41, 5.74) is 2.21. The fourth-order valence-electron chi connectivity index (χ4n) is 3.15. The van der Waals surface area contributed by atoms with Crippen LogP contribution in [0.25, 0.3) is 0 Å². The number of anilines is 1. The smallest absolute Gasteiger partial charge is 0.251 e. The van der Waals surface area contributed by atoms with Crippen LogP contribution in [0, 0.1) is 0 Å². The van der Waals surface area contributed by atoms with Crippen molar-refractivity contribution >= 4 is 17.5 Å². The maximum atomic E-state index is 12.6. The molecule has 0 aliphatic rings. The molecular formula is C23H31N3O2. The Morgan fingerprint density at radius 1 is 0.964 bits per heavy atom. The molecule has 0 radical (unpaired) electrons. The van der Waals surface area contributed by atoms with Crippen LogP contribution in [-0.4, -0.2) is 36.3 Å². The standard InChI is InChI=1S/C23H31N3O2/c1-4-14-26(15-5-2)17-22(27)25-21-13-9-12-20(16-21)23(28)24-18(3)19-10-7-6-8-11-19/h6-13,16,18H,4-5,14-15,17H2,1-3H3,(H,24,28)(H,25,27). The maximum Gasteiger partial charge on any atom is 0.251 e. The van der Waals surface area contributed by atoms with E-state index in [9.17, 15) is 9.59 Å². The molecule has 1 unspecified atom stereocenters. The van der Waals surface area contributed by atoms with Gasteiger partial charge in [-0.1, -0.05) is 50.2 Å². The van der Waals surface area contributed by atoms with Gasteiger partial charge in [0.15, 0.2) is 0 Å². The number of benzene rings is 2. The monoisotopic (exact) mass is 381 g/mol. The van der Waals surface area contributed by atoms with Crippen LogP contribution >= 0.6 is 0 Å². The largest absolute Gasteiger partial charge is 0.346 e. The van der Waals surface area contributed by atoms with Gasteiger partial charge in [-0.05, 0) is 56.6 Å². The summed E-state index contributed by atoms with van der Waals surface area (Å²) in [6.07, 6.45) is 2.03. The topological polar surface area (TPSA) is 61.4 Å². The van der Waals surface area contributed by atoms with Crippen LogP contribution in [0.15, 0.2) is 54.6 Å². The molecular weight excluding hydrogens is 350 g/mol. The van der Waals surface area contributed by atoms with E-state index < -0.39 is 0 Å². The second kappa shape index (κ2) is 11.2. The second-order valence-electron chi connectivity index (χ2n) is 7.01. The first-order chi connectivity index (χ1) is 13.5. The number of carbonyl (C=O) groups is 2. The third-order valence-electron chi connectivity index (χ3n) is 4.50. The van der Waals surface area contributed by atoms with E-state index in [2.05, 4.69) is 29.4 Å². The zero-order valence-corrected chi connectivity index (χ0v) is 17.1. The fourth-order valence-corrected chi connectivity index (χ4v) is 3.15. The predicted molar refractivity (Wildman–Crippen MR) is 114 cm³/mol. The Bertz CT molecular complexity index is 755. The lowest BCUT2D eigenvalue weighted by atomic mass is 10.1. The SMILES string of the molecule is CCCN(CCC)CC(=O)Nc1cccc(C(=O)NC(C)c2ccccc2)c1. The number of nitrogens with zero attached hydrogens (tertiary/aromatic N) is 1. The molecule has 2 aromatic rings. The first-order valence-electron chi connectivity index (χ1n) is 10.0. The average molecular weight is 382 g/mol. The highest BCUT2D eigenvalue weighted by atomic mass is 16.2. The maximum absolute atomic E-state index is 12.6. The van der Waals surface area contributed by atoms with Gasteiger partial charge in [-0.3, -0.25) is 14.5 Å². The van der Waals surface area contributed by atoms with Gasteiger partial charge < -0.3 is 10.6 Å². The summed E-state index contributed by atoms with van der Waals surface area (Å²) in [6.45, 7) is 8.35. The average Bonchev–Trinajstić information content (AvgIpc) is 2.69. The molecule has 2 aromatic carbocycles. The molecule has 2 amide bonds. The molecule has 0 saturated carbocycles. The molecule has 0 aliphatic carbocycles. The van der Waals surface area contributed by atoms with E-state index in [0.717, 1.165) is 31.5 Å². The van der Waals surface area contributed by atoms with Crippen LogP contribution in [0.1, 0.15) is 55.6 Å². The minimum absolute atomic E-state index is 0.0582. The third kappa shape index (κ3) is 6.82. The van der Waals surface area contributed by atoms with Crippen molar-refractivity contribution in [3.8, 4) is 0 Å². The Hall–Kier alpha value is -2.66. The van der Waals surface area contributed by atoms with Crippen molar-refractivity contribution in [2.24, 2.45) is 0 Å². The number of amides is 2. The van der Waals surface area contributed by atoms with E-state index in [1.807, 2.05) is 37.3 Å². The van der Waals surface area contributed by atoms with Gasteiger partial charge in [-0.2, -0.15) is 0 Å². The molecule has 0 fully saturated rings. The summed E-state index contributed by atoms with van der Waals surface area (Å²) >= 11 is 0. The van der Waals surface area contributed by atoms with Crippen LogP contribution in [0.5, 0.6) is 0 Å². The molecule has 5 nitrogen and oxygen atoms in total. The normalized spacial score (nSPS) is 11.9. The second-order valence-corrected chi connectivity index (χ2v) is 7.01. The lowest BCUT2D eigenvalue weighted by Gasteiger charge is -2.20. The van der Waals surface area contributed by atoms with Gasteiger partial charge in [0, 0.05) is 11.3 Å². The van der Waals surface area contributed by atoms with Crippen LogP contribution in [-0.2, 0) is 4.79 Å². The Kier molecular flexibility index (Phi) is 8.69. The summed E-state index contributed by atoms with van der Waals surface area (Å²) in [5, 5.41) is 5.91. The lowest BCUT2D eigenvalue weighted by Crippen LogP contribution is -2.34. The molecule has 0 saturated heterocycles. The minimum Gasteiger partial charge on any atom is -0.346 e. The van der Waals surface area contributed by atoms with E-state index >= 15 is 0 Å². The van der Waals surface area contributed by atoms with Crippen molar-refractivity contribution in [1.29, 1.82) is 0 Å². The zero-order valence-electron chi connectivity index (χ0n) is 17.1. The zero-order chi connectivity index (χ0) is 20.4. The summed E-state index contributed by atoms with van der Waals surface area (Å²) in [4.78, 5) is 27.1. The summed E-state index contributed by atoms with van der Waals surface area (Å²) in [6, 6.07) is 16.8. The highest BCUT2D eigenvalue weighted by Gasteiger charge is 2.13.